The van der Waals surface area contributed by atoms with E-state index < -0.39 is 14.7 Å². The Morgan fingerprint density at radius 1 is 1.29 bits per heavy atom. The highest BCUT2D eigenvalue weighted by Gasteiger charge is 2.56. The van der Waals surface area contributed by atoms with Gasteiger partial charge in [-0.15, -0.1) is 0 Å². The van der Waals surface area contributed by atoms with E-state index in [-0.39, 0.29) is 39.6 Å². The molecule has 1 heterocycles. The molecular weight excluding hydrogens is 418 g/mol. The van der Waals surface area contributed by atoms with Gasteiger partial charge in [0, 0.05) is 47.7 Å². The maximum absolute atomic E-state index is 13.2. The average molecular weight is 450 g/mol. The molecule has 1 aliphatic heterocycles. The van der Waals surface area contributed by atoms with Crippen molar-refractivity contribution in [3.05, 3.63) is 39.4 Å². The Kier molecular flexibility index (Phi) is 6.28. The Labute approximate surface area is 183 Å². The molecule has 1 saturated carbocycles. The van der Waals surface area contributed by atoms with E-state index in [4.69, 9.17) is 0 Å². The summed E-state index contributed by atoms with van der Waals surface area (Å²) in [4.78, 5) is 37.7. The summed E-state index contributed by atoms with van der Waals surface area (Å²) < 4.78 is 17.4. The fourth-order valence-electron chi connectivity index (χ4n) is 4.32. The summed E-state index contributed by atoms with van der Waals surface area (Å²) in [5.41, 5.74) is 0.641. The topological polar surface area (TPSA) is 110 Å². The molecule has 31 heavy (non-hydrogen) atoms. The summed E-state index contributed by atoms with van der Waals surface area (Å²) in [6, 6.07) is 4.47. The van der Waals surface area contributed by atoms with Crippen LogP contribution in [-0.4, -0.2) is 50.4 Å². The van der Waals surface area contributed by atoms with Crippen molar-refractivity contribution < 1.29 is 18.7 Å². The molecule has 9 heteroatoms. The number of hydrogen-bond donors (Lipinski definition) is 0. The monoisotopic (exact) mass is 449 g/mol. The highest BCUT2D eigenvalue weighted by Crippen LogP contribution is 2.58. The molecule has 2 amide bonds. The van der Waals surface area contributed by atoms with E-state index in [1.165, 1.54) is 6.07 Å². The lowest BCUT2D eigenvalue weighted by Crippen LogP contribution is -2.42. The van der Waals surface area contributed by atoms with Crippen LogP contribution >= 0.6 is 0 Å². The number of nitrogens with zero attached hydrogens (tertiary/aromatic N) is 3. The van der Waals surface area contributed by atoms with E-state index in [9.17, 15) is 23.9 Å². The first kappa shape index (κ1) is 23.4. The third kappa shape index (κ3) is 4.66. The molecule has 2 aliphatic rings. The van der Waals surface area contributed by atoms with E-state index in [2.05, 4.69) is 25.1 Å². The second kappa shape index (κ2) is 8.33. The number of carbonyl (C=O) groups is 2. The van der Waals surface area contributed by atoms with Gasteiger partial charge in [0.15, 0.2) is 0 Å². The third-order valence-electron chi connectivity index (χ3n) is 7.17. The van der Waals surface area contributed by atoms with Crippen molar-refractivity contribution >= 4 is 27.2 Å². The molecule has 3 atom stereocenters. The molecule has 2 fully saturated rings. The van der Waals surface area contributed by atoms with Crippen LogP contribution in [0.25, 0.3) is 0 Å². The number of hydrogen-bond acceptors (Lipinski definition) is 5. The predicted octanol–water partition coefficient (Wildman–Crippen LogP) is 3.81. The van der Waals surface area contributed by atoms with Gasteiger partial charge in [-0.25, -0.2) is 4.21 Å². The number of piperidine rings is 1. The fraction of sp³-hybridized carbons (Fsp3) is 0.636. The molecule has 3 rings (SSSR count). The Morgan fingerprint density at radius 3 is 2.42 bits per heavy atom. The maximum Gasteiger partial charge on any atom is 0.273 e. The molecule has 1 aromatic rings. The van der Waals surface area contributed by atoms with Crippen molar-refractivity contribution in [3.63, 3.8) is 0 Å². The molecule has 0 aromatic heterocycles. The van der Waals surface area contributed by atoms with Gasteiger partial charge in [0.05, 0.1) is 14.7 Å². The van der Waals surface area contributed by atoms with Crippen LogP contribution in [0, 0.1) is 34.3 Å². The first-order valence-electron chi connectivity index (χ1n) is 10.7. The average Bonchev–Trinajstić information content (AvgIpc) is 3.41. The molecule has 1 aliphatic carbocycles. The normalized spacial score (nSPS) is 25.7. The minimum absolute atomic E-state index is 0.0530. The maximum atomic E-state index is 13.2. The quantitative estimate of drug-likeness (QED) is 0.501. The second-order valence-electron chi connectivity index (χ2n) is 9.46. The Hall–Kier alpha value is -2.29. The first-order valence-corrected chi connectivity index (χ1v) is 12.6. The zero-order chi connectivity index (χ0) is 23.1. The SMILES string of the molecule is Cc1ccc(C(=O)N2CCC(S(C)(=O)=NC(=O)C3CC3(C)C(C)C)CC2)cc1[N+](=O)[O-]. The van der Waals surface area contributed by atoms with Crippen LogP contribution in [0.4, 0.5) is 5.69 Å². The fourth-order valence-corrected chi connectivity index (χ4v) is 6.04. The van der Waals surface area contributed by atoms with Crippen molar-refractivity contribution in [1.29, 1.82) is 0 Å². The summed E-state index contributed by atoms with van der Waals surface area (Å²) in [5, 5.41) is 10.9. The van der Waals surface area contributed by atoms with E-state index in [1.54, 1.807) is 30.2 Å². The van der Waals surface area contributed by atoms with Gasteiger partial charge in [-0.1, -0.05) is 26.8 Å². The Balaban J connectivity index is 1.66. The molecule has 0 spiro atoms. The van der Waals surface area contributed by atoms with Crippen molar-refractivity contribution in [1.82, 2.24) is 4.90 Å². The summed E-state index contributed by atoms with van der Waals surface area (Å²) >= 11 is 0. The van der Waals surface area contributed by atoms with Crippen molar-refractivity contribution in [3.8, 4) is 0 Å². The van der Waals surface area contributed by atoms with Crippen molar-refractivity contribution in [2.24, 2.45) is 21.6 Å². The highest BCUT2D eigenvalue weighted by molar-refractivity contribution is 7.93. The number of carbonyl (C=O) groups excluding carboxylic acids is 2. The number of likely N-dealkylation sites (tertiary alicyclic amines) is 1. The molecule has 0 N–H and O–H groups in total. The van der Waals surface area contributed by atoms with E-state index >= 15 is 0 Å². The lowest BCUT2D eigenvalue weighted by Gasteiger charge is -2.32. The zero-order valence-electron chi connectivity index (χ0n) is 18.8. The van der Waals surface area contributed by atoms with E-state index in [0.29, 0.717) is 37.4 Å². The summed E-state index contributed by atoms with van der Waals surface area (Å²) in [5.74, 6) is -0.305. The summed E-state index contributed by atoms with van der Waals surface area (Å²) in [7, 11) is -2.70. The van der Waals surface area contributed by atoms with E-state index in [1.807, 2.05) is 0 Å². The molecular formula is C22H31N3O5S. The molecule has 3 unspecified atom stereocenters. The van der Waals surface area contributed by atoms with Gasteiger partial charge in [-0.3, -0.25) is 19.7 Å². The molecule has 8 nitrogen and oxygen atoms in total. The van der Waals surface area contributed by atoms with Gasteiger partial charge in [0.1, 0.15) is 0 Å². The Bertz CT molecular complexity index is 1040. The van der Waals surface area contributed by atoms with Crippen molar-refractivity contribution in [2.75, 3.05) is 19.3 Å². The molecule has 0 bridgehead atoms. The van der Waals surface area contributed by atoms with Gasteiger partial charge < -0.3 is 4.90 Å². The highest BCUT2D eigenvalue weighted by atomic mass is 32.2. The van der Waals surface area contributed by atoms with Crippen molar-refractivity contribution in [2.45, 2.75) is 52.2 Å². The lowest BCUT2D eigenvalue weighted by molar-refractivity contribution is -0.385. The summed E-state index contributed by atoms with van der Waals surface area (Å²) in [6.07, 6.45) is 3.31. The summed E-state index contributed by atoms with van der Waals surface area (Å²) in [6.45, 7) is 8.65. The van der Waals surface area contributed by atoms with Gasteiger partial charge in [0.2, 0.25) is 0 Å². The molecule has 1 aromatic carbocycles. The molecule has 0 radical (unpaired) electrons. The zero-order valence-corrected chi connectivity index (χ0v) is 19.6. The predicted molar refractivity (Wildman–Crippen MR) is 119 cm³/mol. The van der Waals surface area contributed by atoms with Crippen LogP contribution < -0.4 is 0 Å². The largest absolute Gasteiger partial charge is 0.339 e. The van der Waals surface area contributed by atoms with Crippen LogP contribution in [0.15, 0.2) is 22.6 Å². The number of amides is 2. The number of nitro benzene ring substituents is 1. The number of rotatable bonds is 5. The lowest BCUT2D eigenvalue weighted by atomic mass is 9.92. The van der Waals surface area contributed by atoms with Crippen LogP contribution in [0.1, 0.15) is 56.0 Å². The molecule has 1 saturated heterocycles. The number of benzene rings is 1. The van der Waals surface area contributed by atoms with Gasteiger partial charge >= 0.3 is 0 Å². The van der Waals surface area contributed by atoms with Crippen LogP contribution in [0.2, 0.25) is 0 Å². The number of nitro groups is 1. The van der Waals surface area contributed by atoms with E-state index in [0.717, 1.165) is 6.42 Å². The second-order valence-corrected chi connectivity index (χ2v) is 12.0. The van der Waals surface area contributed by atoms with Gasteiger partial charge in [0.25, 0.3) is 17.5 Å². The van der Waals surface area contributed by atoms with Crippen LogP contribution in [0.5, 0.6) is 0 Å². The Morgan fingerprint density at radius 2 is 1.90 bits per heavy atom. The standard InChI is InChI=1S/C22H31N3O5S/c1-14(2)22(4)13-18(22)20(26)23-31(5,30)17-8-10-24(11-9-17)21(27)16-7-6-15(3)19(12-16)25(28)29/h6-7,12,14,17-18H,8-11,13H2,1-5H3. The third-order valence-corrected chi connectivity index (χ3v) is 9.42. The minimum atomic E-state index is -2.70. The first-order chi connectivity index (χ1) is 14.4. The molecule has 170 valence electrons. The smallest absolute Gasteiger partial charge is 0.273 e. The van der Waals surface area contributed by atoms with Crippen LogP contribution in [0.3, 0.4) is 0 Å². The van der Waals surface area contributed by atoms with Gasteiger partial charge in [-0.05, 0) is 43.6 Å². The van der Waals surface area contributed by atoms with Crippen LogP contribution in [-0.2, 0) is 14.5 Å². The van der Waals surface area contributed by atoms with Gasteiger partial charge in [-0.2, -0.15) is 4.36 Å². The minimum Gasteiger partial charge on any atom is -0.339 e. The number of aryl methyl sites for hydroxylation is 1.